The molecule has 22 heavy (non-hydrogen) atoms. The van der Waals surface area contributed by atoms with Gasteiger partial charge in [0, 0.05) is 12.1 Å². The molecule has 3 atom stereocenters. The van der Waals surface area contributed by atoms with Crippen molar-refractivity contribution >= 4 is 8.07 Å². The van der Waals surface area contributed by atoms with E-state index in [0.717, 1.165) is 12.0 Å². The van der Waals surface area contributed by atoms with Gasteiger partial charge in [0.2, 0.25) is 0 Å². The van der Waals surface area contributed by atoms with Crippen LogP contribution in [-0.2, 0) is 4.74 Å². The molecule has 0 saturated carbocycles. The number of aliphatic hydroxyl groups is 1. The summed E-state index contributed by atoms with van der Waals surface area (Å²) in [5, 5.41) is 10.4. The lowest BCUT2D eigenvalue weighted by atomic mass is 10.0. The Bertz CT molecular complexity index is 400. The molecule has 0 aliphatic heterocycles. The highest BCUT2D eigenvalue weighted by Crippen LogP contribution is 2.24. The van der Waals surface area contributed by atoms with Gasteiger partial charge in [-0.1, -0.05) is 76.2 Å². The Hall–Kier alpha value is -0.643. The fourth-order valence-corrected chi connectivity index (χ4v) is 4.46. The van der Waals surface area contributed by atoms with E-state index in [1.165, 1.54) is 19.3 Å². The Kier molecular flexibility index (Phi) is 8.37. The lowest BCUT2D eigenvalue weighted by Gasteiger charge is -2.32. The standard InChI is InChI=1S/C19H34O2Si/c1-6-7-9-14-19(22(3,4)5)21-16(2)15-18(20)17-12-10-8-11-13-17/h8,10-13,16,18-20H,6-7,9,14-15H2,1-5H3/t16-,18?,19-/m0/s1. The normalized spacial score (nSPS) is 16.3. The van der Waals surface area contributed by atoms with Gasteiger partial charge in [0.1, 0.15) is 0 Å². The third kappa shape index (κ3) is 7.08. The van der Waals surface area contributed by atoms with Crippen molar-refractivity contribution in [2.24, 2.45) is 0 Å². The fraction of sp³-hybridized carbons (Fsp3) is 0.684. The van der Waals surface area contributed by atoms with E-state index < -0.39 is 14.2 Å². The van der Waals surface area contributed by atoms with E-state index in [1.807, 2.05) is 30.3 Å². The minimum Gasteiger partial charge on any atom is -0.388 e. The lowest BCUT2D eigenvalue weighted by molar-refractivity contribution is -0.000923. The Morgan fingerprint density at radius 1 is 1.09 bits per heavy atom. The highest BCUT2D eigenvalue weighted by atomic mass is 28.3. The van der Waals surface area contributed by atoms with Gasteiger partial charge in [-0.3, -0.25) is 0 Å². The van der Waals surface area contributed by atoms with E-state index in [2.05, 4.69) is 33.5 Å². The molecular formula is C19H34O2Si. The Morgan fingerprint density at radius 3 is 2.27 bits per heavy atom. The molecule has 0 spiro atoms. The molecule has 0 heterocycles. The van der Waals surface area contributed by atoms with Crippen LogP contribution in [0.1, 0.15) is 57.6 Å². The van der Waals surface area contributed by atoms with Crippen molar-refractivity contribution in [2.45, 2.75) is 83.5 Å². The average Bonchev–Trinajstić information content (AvgIpc) is 2.46. The van der Waals surface area contributed by atoms with Crippen LogP contribution in [0.4, 0.5) is 0 Å². The number of benzene rings is 1. The van der Waals surface area contributed by atoms with Crippen LogP contribution in [0.2, 0.25) is 19.6 Å². The monoisotopic (exact) mass is 322 g/mol. The molecule has 0 aliphatic rings. The van der Waals surface area contributed by atoms with Crippen LogP contribution < -0.4 is 0 Å². The molecule has 1 aromatic carbocycles. The molecule has 1 rings (SSSR count). The van der Waals surface area contributed by atoms with Crippen LogP contribution in [0.15, 0.2) is 30.3 Å². The van der Waals surface area contributed by atoms with Gasteiger partial charge in [-0.2, -0.15) is 0 Å². The minimum absolute atomic E-state index is 0.0913. The predicted octanol–water partition coefficient (Wildman–Crippen LogP) is 5.34. The third-order valence-corrected chi connectivity index (χ3v) is 6.53. The SMILES string of the molecule is CCCCC[C@@H](O[C@@H](C)CC(O)c1ccccc1)[Si](C)(C)C. The quantitative estimate of drug-likeness (QED) is 0.465. The molecular weight excluding hydrogens is 288 g/mol. The highest BCUT2D eigenvalue weighted by Gasteiger charge is 2.29. The summed E-state index contributed by atoms with van der Waals surface area (Å²) in [6, 6.07) is 9.88. The number of hydrogen-bond acceptors (Lipinski definition) is 2. The minimum atomic E-state index is -1.33. The number of rotatable bonds is 10. The zero-order chi connectivity index (χ0) is 16.6. The fourth-order valence-electron chi connectivity index (χ4n) is 2.75. The van der Waals surface area contributed by atoms with Gasteiger partial charge in [0.15, 0.2) is 0 Å². The molecule has 0 radical (unpaired) electrons. The summed E-state index contributed by atoms with van der Waals surface area (Å²) in [5.74, 6) is 0. The van der Waals surface area contributed by atoms with Crippen LogP contribution in [0.5, 0.6) is 0 Å². The highest BCUT2D eigenvalue weighted by molar-refractivity contribution is 6.77. The van der Waals surface area contributed by atoms with Crippen LogP contribution in [0.25, 0.3) is 0 Å². The predicted molar refractivity (Wildman–Crippen MR) is 97.8 cm³/mol. The van der Waals surface area contributed by atoms with E-state index in [4.69, 9.17) is 4.74 Å². The van der Waals surface area contributed by atoms with E-state index in [9.17, 15) is 5.11 Å². The van der Waals surface area contributed by atoms with Crippen molar-refractivity contribution in [1.29, 1.82) is 0 Å². The largest absolute Gasteiger partial charge is 0.388 e. The van der Waals surface area contributed by atoms with Crippen molar-refractivity contribution in [1.82, 2.24) is 0 Å². The van der Waals surface area contributed by atoms with E-state index in [-0.39, 0.29) is 6.10 Å². The zero-order valence-corrected chi connectivity index (χ0v) is 16.0. The summed E-state index contributed by atoms with van der Waals surface area (Å²) in [5.41, 5.74) is 1.37. The zero-order valence-electron chi connectivity index (χ0n) is 15.0. The summed E-state index contributed by atoms with van der Waals surface area (Å²) in [6.07, 6.45) is 5.27. The van der Waals surface area contributed by atoms with Gasteiger partial charge in [-0.25, -0.2) is 0 Å². The Labute approximate surface area is 137 Å². The smallest absolute Gasteiger partial charge is 0.0814 e. The van der Waals surface area contributed by atoms with Crippen LogP contribution in [-0.4, -0.2) is 25.0 Å². The van der Waals surface area contributed by atoms with Gasteiger partial charge in [0.05, 0.1) is 20.3 Å². The van der Waals surface area contributed by atoms with Crippen molar-refractivity contribution < 1.29 is 9.84 Å². The first kappa shape index (κ1) is 19.4. The summed E-state index contributed by atoms with van der Waals surface area (Å²) >= 11 is 0. The van der Waals surface area contributed by atoms with Crippen LogP contribution >= 0.6 is 0 Å². The second-order valence-corrected chi connectivity index (χ2v) is 12.8. The van der Waals surface area contributed by atoms with Crippen LogP contribution in [0.3, 0.4) is 0 Å². The van der Waals surface area contributed by atoms with Gasteiger partial charge >= 0.3 is 0 Å². The molecule has 126 valence electrons. The second kappa shape index (κ2) is 9.49. The number of aliphatic hydroxyl groups excluding tert-OH is 1. The molecule has 3 heteroatoms. The van der Waals surface area contributed by atoms with Gasteiger partial charge in [0.25, 0.3) is 0 Å². The number of unbranched alkanes of at least 4 members (excludes halogenated alkanes) is 2. The molecule has 0 aromatic heterocycles. The van der Waals surface area contributed by atoms with Crippen molar-refractivity contribution in [3.63, 3.8) is 0 Å². The third-order valence-electron chi connectivity index (χ3n) is 4.17. The number of hydrogen-bond donors (Lipinski definition) is 1. The molecule has 0 amide bonds. The van der Waals surface area contributed by atoms with E-state index >= 15 is 0 Å². The topological polar surface area (TPSA) is 29.5 Å². The Balaban J connectivity index is 2.53. The average molecular weight is 323 g/mol. The second-order valence-electron chi connectivity index (χ2n) is 7.46. The molecule has 0 bridgehead atoms. The van der Waals surface area contributed by atoms with Crippen molar-refractivity contribution in [3.05, 3.63) is 35.9 Å². The Morgan fingerprint density at radius 2 is 1.73 bits per heavy atom. The van der Waals surface area contributed by atoms with Gasteiger partial charge in [-0.15, -0.1) is 0 Å². The first-order chi connectivity index (χ1) is 10.3. The van der Waals surface area contributed by atoms with Crippen molar-refractivity contribution in [2.75, 3.05) is 0 Å². The molecule has 1 aromatic rings. The maximum Gasteiger partial charge on any atom is 0.0814 e. The molecule has 1 N–H and O–H groups in total. The van der Waals surface area contributed by atoms with E-state index in [1.54, 1.807) is 0 Å². The van der Waals surface area contributed by atoms with E-state index in [0.29, 0.717) is 12.1 Å². The first-order valence-corrected chi connectivity index (χ1v) is 12.3. The summed E-state index contributed by atoms with van der Waals surface area (Å²) in [7, 11) is -1.33. The molecule has 1 unspecified atom stereocenters. The lowest BCUT2D eigenvalue weighted by Crippen LogP contribution is -2.42. The number of ether oxygens (including phenoxy) is 1. The van der Waals surface area contributed by atoms with Gasteiger partial charge < -0.3 is 9.84 Å². The maximum atomic E-state index is 10.4. The molecule has 2 nitrogen and oxygen atoms in total. The molecule has 0 aliphatic carbocycles. The summed E-state index contributed by atoms with van der Waals surface area (Å²) in [6.45, 7) is 11.5. The van der Waals surface area contributed by atoms with Crippen LogP contribution in [0, 0.1) is 0 Å². The van der Waals surface area contributed by atoms with Gasteiger partial charge in [-0.05, 0) is 18.9 Å². The molecule has 0 saturated heterocycles. The first-order valence-electron chi connectivity index (χ1n) is 8.73. The summed E-state index contributed by atoms with van der Waals surface area (Å²) < 4.78 is 6.36. The van der Waals surface area contributed by atoms with Crippen molar-refractivity contribution in [3.8, 4) is 0 Å². The molecule has 0 fully saturated rings. The maximum absolute atomic E-state index is 10.4. The summed E-state index contributed by atoms with van der Waals surface area (Å²) in [4.78, 5) is 0.